The van der Waals surface area contributed by atoms with Gasteiger partial charge in [-0.05, 0) is 43.2 Å². The van der Waals surface area contributed by atoms with Crippen molar-refractivity contribution in [2.45, 2.75) is 26.5 Å². The highest BCUT2D eigenvalue weighted by atomic mass is 16.5. The average molecular weight is 312 g/mol. The van der Waals surface area contributed by atoms with Crippen LogP contribution in [-0.2, 0) is 11.3 Å². The normalized spacial score (nSPS) is 11.7. The number of aryl methyl sites for hydroxylation is 1. The van der Waals surface area contributed by atoms with E-state index in [0.29, 0.717) is 6.54 Å². The van der Waals surface area contributed by atoms with Crippen LogP contribution in [0.25, 0.3) is 0 Å². The van der Waals surface area contributed by atoms with E-state index in [-0.39, 0.29) is 5.91 Å². The van der Waals surface area contributed by atoms with Gasteiger partial charge in [-0.1, -0.05) is 30.3 Å². The third kappa shape index (κ3) is 4.74. The lowest BCUT2D eigenvalue weighted by Crippen LogP contribution is -2.36. The molecule has 0 fully saturated rings. The molecule has 0 saturated carbocycles. The Morgan fingerprint density at radius 2 is 1.78 bits per heavy atom. The van der Waals surface area contributed by atoms with Gasteiger partial charge >= 0.3 is 0 Å². The number of benzene rings is 2. The number of nitrogens with one attached hydrogen (secondary N) is 1. The van der Waals surface area contributed by atoms with Crippen LogP contribution in [0.1, 0.15) is 18.1 Å². The van der Waals surface area contributed by atoms with Gasteiger partial charge in [0, 0.05) is 26.3 Å². The van der Waals surface area contributed by atoms with Crippen molar-refractivity contribution in [2.75, 3.05) is 19.0 Å². The maximum atomic E-state index is 12.2. The van der Waals surface area contributed by atoms with Crippen LogP contribution in [-0.4, -0.2) is 26.1 Å². The lowest BCUT2D eigenvalue weighted by atomic mass is 10.2. The summed E-state index contributed by atoms with van der Waals surface area (Å²) in [4.78, 5) is 14.2. The molecule has 2 rings (SSSR count). The second-order valence-electron chi connectivity index (χ2n) is 5.80. The Morgan fingerprint density at radius 3 is 2.39 bits per heavy atom. The molecule has 0 bridgehead atoms. The Hall–Kier alpha value is -2.49. The molecule has 4 heteroatoms. The maximum Gasteiger partial charge on any atom is 0.261 e. The van der Waals surface area contributed by atoms with Crippen LogP contribution in [0.4, 0.5) is 5.69 Å². The summed E-state index contributed by atoms with van der Waals surface area (Å²) in [6.45, 7) is 4.22. The number of carbonyl (C=O) groups excluding carboxylic acids is 1. The minimum atomic E-state index is -0.530. The van der Waals surface area contributed by atoms with E-state index in [1.54, 1.807) is 6.92 Å². The van der Waals surface area contributed by atoms with Crippen LogP contribution in [0, 0.1) is 6.92 Å². The molecule has 122 valence electrons. The van der Waals surface area contributed by atoms with Crippen LogP contribution >= 0.6 is 0 Å². The molecule has 0 heterocycles. The van der Waals surface area contributed by atoms with Gasteiger partial charge in [-0.3, -0.25) is 4.79 Å². The topological polar surface area (TPSA) is 41.6 Å². The van der Waals surface area contributed by atoms with E-state index in [0.717, 1.165) is 22.6 Å². The Bertz CT molecular complexity index is 651. The van der Waals surface area contributed by atoms with Gasteiger partial charge in [-0.25, -0.2) is 0 Å². The molecule has 2 aromatic carbocycles. The number of hydrogen-bond donors (Lipinski definition) is 1. The zero-order chi connectivity index (χ0) is 16.8. The summed E-state index contributed by atoms with van der Waals surface area (Å²) in [5.41, 5.74) is 3.22. The molecule has 4 nitrogen and oxygen atoms in total. The third-order valence-electron chi connectivity index (χ3n) is 3.69. The molecule has 0 aliphatic heterocycles. The Balaban J connectivity index is 1.87. The summed E-state index contributed by atoms with van der Waals surface area (Å²) in [5, 5.41) is 2.91. The van der Waals surface area contributed by atoms with E-state index in [4.69, 9.17) is 4.74 Å². The molecule has 0 aromatic heterocycles. The highest BCUT2D eigenvalue weighted by Crippen LogP contribution is 2.18. The van der Waals surface area contributed by atoms with Crippen molar-refractivity contribution in [2.24, 2.45) is 0 Å². The van der Waals surface area contributed by atoms with Gasteiger partial charge in [-0.15, -0.1) is 0 Å². The van der Waals surface area contributed by atoms with Crippen molar-refractivity contribution >= 4 is 11.6 Å². The summed E-state index contributed by atoms with van der Waals surface area (Å²) in [7, 11) is 4.00. The first-order valence-corrected chi connectivity index (χ1v) is 7.73. The standard InChI is InChI=1S/C19H24N2O2/c1-14-7-5-6-8-18(14)23-15(2)19(22)20-13-16-9-11-17(12-10-16)21(3)4/h5-12,15H,13H2,1-4H3,(H,20,22). The lowest BCUT2D eigenvalue weighted by molar-refractivity contribution is -0.127. The Labute approximate surface area is 138 Å². The summed E-state index contributed by atoms with van der Waals surface area (Å²) < 4.78 is 5.73. The zero-order valence-corrected chi connectivity index (χ0v) is 14.2. The molecule has 1 N–H and O–H groups in total. The summed E-state index contributed by atoms with van der Waals surface area (Å²) in [6.07, 6.45) is -0.530. The van der Waals surface area contributed by atoms with Crippen LogP contribution in [0.5, 0.6) is 5.75 Å². The van der Waals surface area contributed by atoms with Crippen LogP contribution in [0.2, 0.25) is 0 Å². The highest BCUT2D eigenvalue weighted by Gasteiger charge is 2.15. The number of para-hydroxylation sites is 1. The molecule has 0 radical (unpaired) electrons. The van der Waals surface area contributed by atoms with Gasteiger partial charge in [0.1, 0.15) is 5.75 Å². The largest absolute Gasteiger partial charge is 0.481 e. The summed E-state index contributed by atoms with van der Waals surface area (Å²) >= 11 is 0. The monoisotopic (exact) mass is 312 g/mol. The van der Waals surface area contributed by atoms with Gasteiger partial charge < -0.3 is 15.0 Å². The molecule has 1 amide bonds. The first kappa shape index (κ1) is 16.9. The number of hydrogen-bond acceptors (Lipinski definition) is 3. The smallest absolute Gasteiger partial charge is 0.261 e. The van der Waals surface area contributed by atoms with Gasteiger partial charge in [0.25, 0.3) is 5.91 Å². The fourth-order valence-electron chi connectivity index (χ4n) is 2.18. The molecule has 1 unspecified atom stereocenters. The van der Waals surface area contributed by atoms with Crippen molar-refractivity contribution in [3.05, 3.63) is 59.7 Å². The molecule has 0 aliphatic rings. The van der Waals surface area contributed by atoms with Gasteiger partial charge in [0.2, 0.25) is 0 Å². The zero-order valence-electron chi connectivity index (χ0n) is 14.2. The van der Waals surface area contributed by atoms with E-state index in [1.165, 1.54) is 0 Å². The average Bonchev–Trinajstić information content (AvgIpc) is 2.55. The minimum Gasteiger partial charge on any atom is -0.481 e. The quantitative estimate of drug-likeness (QED) is 0.891. The van der Waals surface area contributed by atoms with Crippen molar-refractivity contribution in [3.63, 3.8) is 0 Å². The Kier molecular flexibility index (Phi) is 5.63. The van der Waals surface area contributed by atoms with Crippen LogP contribution < -0.4 is 15.0 Å². The highest BCUT2D eigenvalue weighted by molar-refractivity contribution is 5.80. The summed E-state index contributed by atoms with van der Waals surface area (Å²) in [5.74, 6) is 0.621. The number of carbonyl (C=O) groups is 1. The molecular formula is C19H24N2O2. The van der Waals surface area contributed by atoms with E-state index in [1.807, 2.05) is 74.4 Å². The number of nitrogens with zero attached hydrogens (tertiary/aromatic N) is 1. The van der Waals surface area contributed by atoms with Crippen LogP contribution in [0.3, 0.4) is 0 Å². The lowest BCUT2D eigenvalue weighted by Gasteiger charge is -2.16. The molecule has 0 aliphatic carbocycles. The maximum absolute atomic E-state index is 12.2. The predicted octanol–water partition coefficient (Wildman–Crippen LogP) is 3.14. The number of anilines is 1. The molecule has 23 heavy (non-hydrogen) atoms. The van der Waals surface area contributed by atoms with Crippen molar-refractivity contribution < 1.29 is 9.53 Å². The first-order chi connectivity index (χ1) is 11.0. The predicted molar refractivity (Wildman–Crippen MR) is 93.9 cm³/mol. The molecule has 0 spiro atoms. The Morgan fingerprint density at radius 1 is 1.13 bits per heavy atom. The molecule has 0 saturated heterocycles. The van der Waals surface area contributed by atoms with Crippen molar-refractivity contribution in [1.82, 2.24) is 5.32 Å². The van der Waals surface area contributed by atoms with Gasteiger partial charge in [0.15, 0.2) is 6.10 Å². The van der Waals surface area contributed by atoms with E-state index >= 15 is 0 Å². The minimum absolute atomic E-state index is 0.120. The molecule has 2 aromatic rings. The van der Waals surface area contributed by atoms with Gasteiger partial charge in [-0.2, -0.15) is 0 Å². The molecule has 1 atom stereocenters. The van der Waals surface area contributed by atoms with E-state index < -0.39 is 6.10 Å². The molecular weight excluding hydrogens is 288 g/mol. The first-order valence-electron chi connectivity index (χ1n) is 7.73. The number of amides is 1. The second kappa shape index (κ2) is 7.68. The number of ether oxygens (including phenoxy) is 1. The van der Waals surface area contributed by atoms with E-state index in [9.17, 15) is 4.79 Å². The van der Waals surface area contributed by atoms with Gasteiger partial charge in [0.05, 0.1) is 0 Å². The number of rotatable bonds is 6. The third-order valence-corrected chi connectivity index (χ3v) is 3.69. The fourth-order valence-corrected chi connectivity index (χ4v) is 2.18. The summed E-state index contributed by atoms with van der Waals surface area (Å²) in [6, 6.07) is 15.8. The van der Waals surface area contributed by atoms with Crippen molar-refractivity contribution in [3.8, 4) is 5.75 Å². The van der Waals surface area contributed by atoms with E-state index in [2.05, 4.69) is 5.32 Å². The van der Waals surface area contributed by atoms with Crippen molar-refractivity contribution in [1.29, 1.82) is 0 Å². The van der Waals surface area contributed by atoms with Crippen LogP contribution in [0.15, 0.2) is 48.5 Å². The SMILES string of the molecule is Cc1ccccc1OC(C)C(=O)NCc1ccc(N(C)C)cc1. The second-order valence-corrected chi connectivity index (χ2v) is 5.80. The fraction of sp³-hybridized carbons (Fsp3) is 0.316.